The number of carboxylic acid groups (broad SMARTS) is 1. The lowest BCUT2D eigenvalue weighted by molar-refractivity contribution is -0.137. The highest BCUT2D eigenvalue weighted by Gasteiger charge is 2.29. The quantitative estimate of drug-likeness (QED) is 0.397. The fraction of sp³-hybridized carbons (Fsp3) is 0.0800. The van der Waals surface area contributed by atoms with Crippen molar-refractivity contribution in [3.8, 4) is 17.2 Å². The molecule has 0 aliphatic carbocycles. The van der Waals surface area contributed by atoms with E-state index in [-0.39, 0.29) is 6.61 Å². The van der Waals surface area contributed by atoms with E-state index in [1.165, 1.54) is 18.2 Å². The zero-order valence-corrected chi connectivity index (χ0v) is 16.8. The highest BCUT2D eigenvalue weighted by atomic mass is 19.4. The minimum absolute atomic E-state index is 0.222. The number of ether oxygens (including phenoxy) is 2. The first-order valence-corrected chi connectivity index (χ1v) is 9.55. The van der Waals surface area contributed by atoms with Gasteiger partial charge in [-0.05, 0) is 59.7 Å². The van der Waals surface area contributed by atoms with Crippen molar-refractivity contribution in [3.05, 3.63) is 102 Å². The van der Waals surface area contributed by atoms with Crippen molar-refractivity contribution in [2.75, 3.05) is 6.61 Å². The molecule has 0 aromatic heterocycles. The average Bonchev–Trinajstić information content (AvgIpc) is 2.76. The molecule has 0 aliphatic rings. The van der Waals surface area contributed by atoms with Crippen molar-refractivity contribution in [2.24, 2.45) is 0 Å². The van der Waals surface area contributed by atoms with Crippen LogP contribution in [0.2, 0.25) is 0 Å². The summed E-state index contributed by atoms with van der Waals surface area (Å²) in [5.74, 6) is 0.598. The van der Waals surface area contributed by atoms with Crippen LogP contribution in [0.4, 0.5) is 13.2 Å². The molecular formula is C25H19F3O4. The molecule has 0 heterocycles. The SMILES string of the molecule is O=C(O)/C=C/c1cccc(Oc2cccc(OC/C=C/c3ccc(C(F)(F)F)cc3)c2)c1. The van der Waals surface area contributed by atoms with Crippen molar-refractivity contribution in [3.63, 3.8) is 0 Å². The zero-order valence-electron chi connectivity index (χ0n) is 16.8. The minimum atomic E-state index is -4.35. The van der Waals surface area contributed by atoms with Gasteiger partial charge in [0.2, 0.25) is 0 Å². The van der Waals surface area contributed by atoms with Crippen molar-refractivity contribution in [2.45, 2.75) is 6.18 Å². The fourth-order valence-electron chi connectivity index (χ4n) is 2.72. The fourth-order valence-corrected chi connectivity index (χ4v) is 2.72. The first kappa shape index (κ1) is 22.7. The maximum absolute atomic E-state index is 12.6. The van der Waals surface area contributed by atoms with E-state index in [0.29, 0.717) is 28.4 Å². The van der Waals surface area contributed by atoms with Gasteiger partial charge in [-0.3, -0.25) is 0 Å². The number of aliphatic carboxylic acids is 1. The molecule has 0 fully saturated rings. The van der Waals surface area contributed by atoms with Crippen molar-refractivity contribution < 1.29 is 32.5 Å². The predicted molar refractivity (Wildman–Crippen MR) is 116 cm³/mol. The van der Waals surface area contributed by atoms with Gasteiger partial charge in [0.1, 0.15) is 23.9 Å². The molecule has 0 bridgehead atoms. The summed E-state index contributed by atoms with van der Waals surface area (Å²) in [5, 5.41) is 8.73. The normalized spacial score (nSPS) is 11.7. The summed E-state index contributed by atoms with van der Waals surface area (Å²) in [5.41, 5.74) is 0.632. The molecule has 0 amide bonds. The third kappa shape index (κ3) is 7.05. The van der Waals surface area contributed by atoms with E-state index < -0.39 is 17.7 Å². The largest absolute Gasteiger partial charge is 0.489 e. The van der Waals surface area contributed by atoms with E-state index in [4.69, 9.17) is 14.6 Å². The molecule has 0 saturated carbocycles. The van der Waals surface area contributed by atoms with Crippen LogP contribution in [-0.2, 0) is 11.0 Å². The lowest BCUT2D eigenvalue weighted by Crippen LogP contribution is -2.03. The molecule has 4 nitrogen and oxygen atoms in total. The van der Waals surface area contributed by atoms with E-state index in [0.717, 1.165) is 18.2 Å². The monoisotopic (exact) mass is 440 g/mol. The molecule has 0 aliphatic heterocycles. The molecule has 7 heteroatoms. The van der Waals surface area contributed by atoms with Crippen LogP contribution in [-0.4, -0.2) is 17.7 Å². The third-order valence-electron chi connectivity index (χ3n) is 4.21. The Labute approximate surface area is 182 Å². The van der Waals surface area contributed by atoms with Crippen molar-refractivity contribution >= 4 is 18.1 Å². The number of hydrogen-bond donors (Lipinski definition) is 1. The molecule has 0 unspecified atom stereocenters. The van der Waals surface area contributed by atoms with Crippen molar-refractivity contribution in [1.29, 1.82) is 0 Å². The van der Waals surface area contributed by atoms with Crippen LogP contribution < -0.4 is 9.47 Å². The number of carboxylic acids is 1. The predicted octanol–water partition coefficient (Wildman–Crippen LogP) is 6.69. The zero-order chi connectivity index (χ0) is 23.0. The van der Waals surface area contributed by atoms with Gasteiger partial charge in [0.15, 0.2) is 0 Å². The Balaban J connectivity index is 1.57. The van der Waals surface area contributed by atoms with Gasteiger partial charge in [-0.2, -0.15) is 13.2 Å². The lowest BCUT2D eigenvalue weighted by Gasteiger charge is -2.09. The van der Waals surface area contributed by atoms with Crippen LogP contribution in [0.15, 0.2) is 84.9 Å². The number of carbonyl (C=O) groups is 1. The number of benzene rings is 3. The molecule has 0 saturated heterocycles. The summed E-state index contributed by atoms with van der Waals surface area (Å²) < 4.78 is 49.2. The van der Waals surface area contributed by atoms with E-state index >= 15 is 0 Å². The summed E-state index contributed by atoms with van der Waals surface area (Å²) in [6.07, 6.45) is 1.55. The number of rotatable bonds is 8. The summed E-state index contributed by atoms with van der Waals surface area (Å²) in [6.45, 7) is 0.222. The molecule has 0 spiro atoms. The van der Waals surface area contributed by atoms with Gasteiger partial charge in [0.05, 0.1) is 5.56 Å². The van der Waals surface area contributed by atoms with Crippen LogP contribution in [0.3, 0.4) is 0 Å². The Hall–Kier alpha value is -4.00. The standard InChI is InChI=1S/C25H19F3O4/c26-25(27,28)20-12-9-18(10-13-20)5-3-15-31-21-6-2-8-23(17-21)32-22-7-1-4-19(16-22)11-14-24(29)30/h1-14,16-17H,15H2,(H,29,30)/b5-3+,14-11+. The second-order valence-corrected chi connectivity index (χ2v) is 6.65. The molecule has 3 aromatic carbocycles. The van der Waals surface area contributed by atoms with Crippen LogP contribution in [0.5, 0.6) is 17.2 Å². The Morgan fingerprint density at radius 1 is 0.844 bits per heavy atom. The smallest absolute Gasteiger partial charge is 0.416 e. The van der Waals surface area contributed by atoms with Crippen LogP contribution in [0, 0.1) is 0 Å². The lowest BCUT2D eigenvalue weighted by atomic mass is 10.1. The maximum Gasteiger partial charge on any atom is 0.416 e. The van der Waals surface area contributed by atoms with Gasteiger partial charge in [-0.1, -0.05) is 36.4 Å². The van der Waals surface area contributed by atoms with Crippen LogP contribution >= 0.6 is 0 Å². The summed E-state index contributed by atoms with van der Waals surface area (Å²) in [6, 6.07) is 18.8. The third-order valence-corrected chi connectivity index (χ3v) is 4.21. The molecule has 3 aromatic rings. The van der Waals surface area contributed by atoms with Gasteiger partial charge < -0.3 is 14.6 Å². The van der Waals surface area contributed by atoms with Gasteiger partial charge in [0, 0.05) is 12.1 Å². The average molecular weight is 440 g/mol. The molecule has 0 atom stereocenters. The summed E-state index contributed by atoms with van der Waals surface area (Å²) in [4.78, 5) is 10.6. The van der Waals surface area contributed by atoms with Gasteiger partial charge >= 0.3 is 12.1 Å². The van der Waals surface area contributed by atoms with Crippen molar-refractivity contribution in [1.82, 2.24) is 0 Å². The number of halogens is 3. The van der Waals surface area contributed by atoms with Gasteiger partial charge in [-0.25, -0.2) is 4.79 Å². The molecular weight excluding hydrogens is 421 g/mol. The minimum Gasteiger partial charge on any atom is -0.489 e. The number of hydrogen-bond acceptors (Lipinski definition) is 3. The topological polar surface area (TPSA) is 55.8 Å². The first-order valence-electron chi connectivity index (χ1n) is 9.55. The first-order chi connectivity index (χ1) is 15.3. The van der Waals surface area contributed by atoms with E-state index in [1.807, 2.05) is 0 Å². The number of alkyl halides is 3. The second kappa shape index (κ2) is 10.3. The molecule has 0 radical (unpaired) electrons. The molecule has 1 N–H and O–H groups in total. The highest BCUT2D eigenvalue weighted by molar-refractivity contribution is 5.85. The second-order valence-electron chi connectivity index (χ2n) is 6.65. The Morgan fingerprint density at radius 2 is 1.50 bits per heavy atom. The van der Waals surface area contributed by atoms with Crippen LogP contribution in [0.1, 0.15) is 16.7 Å². The Bertz CT molecular complexity index is 1120. The van der Waals surface area contributed by atoms with E-state index in [1.54, 1.807) is 60.7 Å². The maximum atomic E-state index is 12.6. The molecule has 164 valence electrons. The Kier molecular flexibility index (Phi) is 7.33. The van der Waals surface area contributed by atoms with E-state index in [2.05, 4.69) is 0 Å². The highest BCUT2D eigenvalue weighted by Crippen LogP contribution is 2.29. The van der Waals surface area contributed by atoms with E-state index in [9.17, 15) is 18.0 Å². The van der Waals surface area contributed by atoms with Crippen LogP contribution in [0.25, 0.3) is 12.2 Å². The molecule has 32 heavy (non-hydrogen) atoms. The summed E-state index contributed by atoms with van der Waals surface area (Å²) >= 11 is 0. The summed E-state index contributed by atoms with van der Waals surface area (Å²) in [7, 11) is 0. The van der Waals surface area contributed by atoms with Gasteiger partial charge in [-0.15, -0.1) is 0 Å². The Morgan fingerprint density at radius 3 is 2.19 bits per heavy atom. The molecule has 3 rings (SSSR count). The van der Waals surface area contributed by atoms with Gasteiger partial charge in [0.25, 0.3) is 0 Å².